The number of hydrogen-bond acceptors (Lipinski definition) is 11. The molecule has 2 aliphatic rings. The van der Waals surface area contributed by atoms with Crippen LogP contribution in [0, 0.1) is 0 Å². The number of carboxylic acid groups (broad SMARTS) is 5. The number of nitrogens with zero attached hydrogens (tertiary/aromatic N) is 2. The summed E-state index contributed by atoms with van der Waals surface area (Å²) in [5, 5.41) is 45.0. The van der Waals surface area contributed by atoms with Gasteiger partial charge in [-0.05, 0) is 119 Å². The van der Waals surface area contributed by atoms with E-state index in [2.05, 4.69) is 9.97 Å². The first-order chi connectivity index (χ1) is 34.7. The van der Waals surface area contributed by atoms with Crippen LogP contribution in [0.2, 0.25) is 0 Å². The number of fused-ring (bicyclic) bond motifs is 8. The second-order valence-corrected chi connectivity index (χ2v) is 15.9. The molecule has 4 aromatic carbocycles. The third-order valence-corrected chi connectivity index (χ3v) is 10.7. The van der Waals surface area contributed by atoms with Crippen LogP contribution in [0.5, 0.6) is 23.0 Å². The van der Waals surface area contributed by atoms with Crippen LogP contribution < -0.4 is 18.9 Å². The van der Waals surface area contributed by atoms with Crippen LogP contribution in [0.15, 0.2) is 121 Å². The van der Waals surface area contributed by atoms with Gasteiger partial charge in [-0.25, -0.2) is 29.1 Å². The molecule has 0 radical (unpaired) electrons. The molecule has 5 heterocycles. The van der Waals surface area contributed by atoms with Gasteiger partial charge in [0.05, 0.1) is 22.8 Å². The third-order valence-electron chi connectivity index (χ3n) is 10.7. The van der Waals surface area contributed by atoms with Crippen LogP contribution in [0.3, 0.4) is 0 Å². The molecule has 0 saturated carbocycles. The second kappa shape index (κ2) is 23.0. The minimum atomic E-state index is -1.13. The Bertz CT molecular complexity index is 3080. The average molecular weight is 1030 g/mol. The first-order valence-electron chi connectivity index (χ1n) is 21.8. The Kier molecular flexibility index (Phi) is 16.2. The zero-order valence-electron chi connectivity index (χ0n) is 38.4. The fourth-order valence-electron chi connectivity index (χ4n) is 7.97. The molecule has 9 rings (SSSR count). The summed E-state index contributed by atoms with van der Waals surface area (Å²) in [6.45, 7) is -1.13. The first kappa shape index (κ1) is 51.4. The van der Waals surface area contributed by atoms with E-state index >= 15 is 0 Å². The molecule has 0 atom stereocenters. The van der Waals surface area contributed by atoms with Crippen molar-refractivity contribution in [3.8, 4) is 67.5 Å². The van der Waals surface area contributed by atoms with Crippen LogP contribution in [0.1, 0.15) is 29.7 Å². The molecule has 73 heavy (non-hydrogen) atoms. The molecule has 366 valence electrons. The number of aromatic nitrogens is 4. The number of hydrogen-bond donors (Lipinski definition) is 7. The maximum absolute atomic E-state index is 11.5. The van der Waals surface area contributed by atoms with E-state index in [0.717, 1.165) is 6.92 Å². The average Bonchev–Trinajstić information content (AvgIpc) is 4.21. The van der Waals surface area contributed by atoms with Crippen molar-refractivity contribution in [1.29, 1.82) is 0 Å². The minimum absolute atomic E-state index is 0. The normalized spacial score (nSPS) is 11.1. The Balaban J connectivity index is 0.00000151. The molecular formula is C54H42MnN4O14+3. The van der Waals surface area contributed by atoms with Crippen molar-refractivity contribution in [1.82, 2.24) is 19.9 Å². The Morgan fingerprint density at radius 3 is 0.822 bits per heavy atom. The number of ether oxygens (including phenoxy) is 4. The first-order valence-corrected chi connectivity index (χ1v) is 21.8. The summed E-state index contributed by atoms with van der Waals surface area (Å²) >= 11 is 0. The number of benzene rings is 4. The van der Waals surface area contributed by atoms with Crippen molar-refractivity contribution in [2.75, 3.05) is 26.4 Å². The smallest absolute Gasteiger partial charge is 0.482 e. The summed E-state index contributed by atoms with van der Waals surface area (Å²) in [6, 6.07) is 35.6. The van der Waals surface area contributed by atoms with Gasteiger partial charge in [-0.15, -0.1) is 0 Å². The van der Waals surface area contributed by atoms with Gasteiger partial charge < -0.3 is 54.4 Å². The summed E-state index contributed by atoms with van der Waals surface area (Å²) in [5.41, 5.74) is 9.72. The molecular weight excluding hydrogens is 984 g/mol. The van der Waals surface area contributed by atoms with E-state index in [-0.39, 0.29) is 17.1 Å². The molecule has 3 aromatic heterocycles. The van der Waals surface area contributed by atoms with Gasteiger partial charge in [0.15, 0.2) is 26.4 Å². The molecule has 0 amide bonds. The van der Waals surface area contributed by atoms with E-state index in [0.29, 0.717) is 112 Å². The van der Waals surface area contributed by atoms with E-state index in [1.54, 1.807) is 72.8 Å². The van der Waals surface area contributed by atoms with Crippen LogP contribution in [0.4, 0.5) is 0 Å². The molecule has 18 nitrogen and oxygen atoms in total. The molecule has 0 aliphatic carbocycles. The maximum atomic E-state index is 11.5. The molecule has 0 unspecified atom stereocenters. The van der Waals surface area contributed by atoms with Crippen molar-refractivity contribution >= 4 is 76.2 Å². The predicted octanol–water partition coefficient (Wildman–Crippen LogP) is 9.27. The van der Waals surface area contributed by atoms with E-state index < -0.39 is 56.3 Å². The zero-order chi connectivity index (χ0) is 50.9. The largest absolute Gasteiger partial charge is 3.00 e. The standard InChI is InChI=1S/C52H38N4O12.C2H4O2.Mn/c57-45(58)25-65-33-9-1-5-29(21-33)49-37-13-15-39(53-37)50(30-6-2-10-34(22-30)66-26-46(59)60)41-17-19-43(55-41)52(32-8-4-12-36(24-32)68-28-48(63)64)44-20-18-42(56-44)51(40-16-14-38(49)54-40)31-7-3-11-35(23-31)67-27-47(61)62;1-2(3)4;/h1-24,53,56H,25-28H2,(H,57,58)(H,59,60)(H,61,62)(H,63,64);1H3,(H,3,4);/q;;+3. The van der Waals surface area contributed by atoms with Gasteiger partial charge in [0.1, 0.15) is 23.0 Å². The van der Waals surface area contributed by atoms with E-state index in [4.69, 9.17) is 38.8 Å². The van der Waals surface area contributed by atoms with Crippen molar-refractivity contribution < 1.29 is 85.5 Å². The van der Waals surface area contributed by atoms with Crippen molar-refractivity contribution in [2.24, 2.45) is 0 Å². The van der Waals surface area contributed by atoms with E-state index in [1.165, 1.54) is 0 Å². The number of rotatable bonds is 16. The predicted molar refractivity (Wildman–Crippen MR) is 266 cm³/mol. The Hall–Kier alpha value is -9.45. The molecule has 19 heteroatoms. The van der Waals surface area contributed by atoms with Gasteiger partial charge in [0, 0.05) is 51.2 Å². The third kappa shape index (κ3) is 12.7. The summed E-state index contributed by atoms with van der Waals surface area (Å²) in [4.78, 5) is 72.7. The fourth-order valence-corrected chi connectivity index (χ4v) is 7.97. The van der Waals surface area contributed by atoms with E-state index in [9.17, 15) is 39.6 Å². The minimum Gasteiger partial charge on any atom is -0.482 e. The molecule has 7 N–H and O–H groups in total. The van der Waals surface area contributed by atoms with Crippen molar-refractivity contribution in [3.63, 3.8) is 0 Å². The maximum Gasteiger partial charge on any atom is 3.00 e. The van der Waals surface area contributed by atoms with Gasteiger partial charge in [-0.2, -0.15) is 0 Å². The van der Waals surface area contributed by atoms with Gasteiger partial charge in [-0.3, -0.25) is 4.79 Å². The Morgan fingerprint density at radius 1 is 0.397 bits per heavy atom. The number of H-pyrrole nitrogens is 2. The monoisotopic (exact) mass is 1030 g/mol. The van der Waals surface area contributed by atoms with Crippen molar-refractivity contribution in [3.05, 3.63) is 144 Å². The summed E-state index contributed by atoms with van der Waals surface area (Å²) in [7, 11) is 0. The number of aromatic amines is 2. The summed E-state index contributed by atoms with van der Waals surface area (Å²) in [5.74, 6) is -4.10. The SMILES string of the molecule is CC(=O)O.O=C(O)COc1cccc(-c2c3nc(c(-c4cccc(OCC(=O)O)c4)c4ccc([nH]4)c(-c4cccc(OCC(=O)O)c4)c4nc(c(-c5cccc(OCC(=O)O)c5)c5ccc2[nH]5)C=C4)C=C3)c1.[Mn+3]. The quantitative estimate of drug-likeness (QED) is 0.0444. The number of carbonyl (C=O) groups is 5. The fraction of sp³-hybridized carbons (Fsp3) is 0.0926. The van der Waals surface area contributed by atoms with Gasteiger partial charge >= 0.3 is 40.9 Å². The molecule has 7 aromatic rings. The topological polar surface area (TPSA) is 281 Å². The van der Waals surface area contributed by atoms with Crippen LogP contribution >= 0.6 is 0 Å². The van der Waals surface area contributed by atoms with E-state index in [1.807, 2.05) is 72.8 Å². The van der Waals surface area contributed by atoms with Gasteiger partial charge in [0.2, 0.25) is 0 Å². The zero-order valence-corrected chi connectivity index (χ0v) is 39.5. The summed E-state index contributed by atoms with van der Waals surface area (Å²) in [6.07, 6.45) is 7.45. The molecule has 2 aliphatic heterocycles. The Labute approximate surface area is 425 Å². The molecule has 0 saturated heterocycles. The number of carboxylic acids is 5. The molecule has 8 bridgehead atoms. The second-order valence-electron chi connectivity index (χ2n) is 15.9. The van der Waals surface area contributed by atoms with Crippen LogP contribution in [-0.4, -0.2) is 102 Å². The summed E-state index contributed by atoms with van der Waals surface area (Å²) < 4.78 is 22.5. The molecule has 0 fully saturated rings. The number of aliphatic carboxylic acids is 5. The van der Waals surface area contributed by atoms with Gasteiger partial charge in [0.25, 0.3) is 5.97 Å². The number of nitrogens with one attached hydrogen (secondary N) is 2. The van der Waals surface area contributed by atoms with Gasteiger partial charge in [-0.1, -0.05) is 48.5 Å². The molecule has 0 spiro atoms. The van der Waals surface area contributed by atoms with Crippen LogP contribution in [-0.2, 0) is 41.0 Å². The van der Waals surface area contributed by atoms with Crippen LogP contribution in [0.25, 0.3) is 90.9 Å². The van der Waals surface area contributed by atoms with Crippen molar-refractivity contribution in [2.45, 2.75) is 6.92 Å². The Morgan fingerprint density at radius 2 is 0.616 bits per heavy atom.